The summed E-state index contributed by atoms with van der Waals surface area (Å²) in [6, 6.07) is -0.801. The number of hydrogen-bond acceptors (Lipinski definition) is 8. The SMILES string of the molecule is O=C(NC1=CC=C(OCC(O)CO)NC1)C1CN=C2C=CC(C3C=CC=CC3C(F)(F)F)=NN21. The number of carbonyl (C=O) groups excluding carboxylic acids is 1. The van der Waals surface area contributed by atoms with E-state index in [1.807, 2.05) is 0 Å². The van der Waals surface area contributed by atoms with Gasteiger partial charge in [-0.2, -0.15) is 18.3 Å². The molecule has 182 valence electrons. The van der Waals surface area contributed by atoms with E-state index in [1.54, 1.807) is 24.3 Å². The van der Waals surface area contributed by atoms with E-state index in [1.165, 1.54) is 23.2 Å². The third-order valence-electron chi connectivity index (χ3n) is 5.55. The number of allylic oxidation sites excluding steroid dienone is 7. The molecule has 1 amide bonds. The Bertz CT molecular complexity index is 1030. The summed E-state index contributed by atoms with van der Waals surface area (Å²) in [4.78, 5) is 17.2. The molecular formula is C22H24F3N5O4. The number of dihydropyridines is 1. The van der Waals surface area contributed by atoms with Crippen LogP contribution < -0.4 is 10.6 Å². The number of aliphatic hydroxyl groups excluding tert-OH is 2. The molecule has 4 rings (SSSR count). The van der Waals surface area contributed by atoms with Gasteiger partial charge in [0.2, 0.25) is 0 Å². The summed E-state index contributed by atoms with van der Waals surface area (Å²) in [5.74, 6) is -2.30. The van der Waals surface area contributed by atoms with Crippen LogP contribution in [-0.2, 0) is 9.53 Å². The number of hydrogen-bond donors (Lipinski definition) is 4. The lowest BCUT2D eigenvalue weighted by Gasteiger charge is -2.30. The summed E-state index contributed by atoms with van der Waals surface area (Å²) in [6.45, 7) is -0.142. The van der Waals surface area contributed by atoms with Crippen LogP contribution in [0.25, 0.3) is 0 Å². The number of nitrogens with zero attached hydrogens (tertiary/aromatic N) is 3. The lowest BCUT2D eigenvalue weighted by Crippen LogP contribution is -2.47. The van der Waals surface area contributed by atoms with Gasteiger partial charge in [0.25, 0.3) is 5.91 Å². The summed E-state index contributed by atoms with van der Waals surface area (Å²) >= 11 is 0. The van der Waals surface area contributed by atoms with Crippen LogP contribution in [0.5, 0.6) is 0 Å². The molecule has 0 saturated carbocycles. The molecule has 4 atom stereocenters. The topological polar surface area (TPSA) is 119 Å². The molecule has 4 aliphatic rings. The number of nitrogens with one attached hydrogen (secondary N) is 2. The Hall–Kier alpha value is -3.38. The maximum Gasteiger partial charge on any atom is 0.396 e. The number of rotatable bonds is 7. The average Bonchev–Trinajstić information content (AvgIpc) is 3.26. The second-order valence-electron chi connectivity index (χ2n) is 7.99. The summed E-state index contributed by atoms with van der Waals surface area (Å²) in [5, 5.41) is 29.6. The summed E-state index contributed by atoms with van der Waals surface area (Å²) in [5.41, 5.74) is 0.748. The number of halogens is 3. The second kappa shape index (κ2) is 9.85. The first-order valence-electron chi connectivity index (χ1n) is 10.7. The van der Waals surface area contributed by atoms with Gasteiger partial charge in [-0.15, -0.1) is 0 Å². The highest BCUT2D eigenvalue weighted by molar-refractivity contribution is 6.10. The Morgan fingerprint density at radius 2 is 2.09 bits per heavy atom. The summed E-state index contributed by atoms with van der Waals surface area (Å²) in [7, 11) is 0. The van der Waals surface area contributed by atoms with E-state index in [0.717, 1.165) is 6.08 Å². The summed E-state index contributed by atoms with van der Waals surface area (Å²) in [6.07, 6.45) is 6.34. The third-order valence-corrected chi connectivity index (χ3v) is 5.55. The van der Waals surface area contributed by atoms with Gasteiger partial charge in [-0.05, 0) is 24.3 Å². The number of amidine groups is 1. The minimum absolute atomic E-state index is 0.0863. The van der Waals surface area contributed by atoms with Crippen molar-refractivity contribution in [1.29, 1.82) is 0 Å². The van der Waals surface area contributed by atoms with Gasteiger partial charge in [0.05, 0.1) is 31.3 Å². The molecular weight excluding hydrogens is 455 g/mol. The molecule has 3 heterocycles. The third kappa shape index (κ3) is 5.23. The average molecular weight is 479 g/mol. The van der Waals surface area contributed by atoms with Crippen molar-refractivity contribution in [1.82, 2.24) is 15.6 Å². The quantitative estimate of drug-likeness (QED) is 0.428. The fraction of sp³-hybridized carbons (Fsp3) is 0.409. The summed E-state index contributed by atoms with van der Waals surface area (Å²) < 4.78 is 45.8. The maximum absolute atomic E-state index is 13.5. The van der Waals surface area contributed by atoms with Crippen LogP contribution in [0.3, 0.4) is 0 Å². The lowest BCUT2D eigenvalue weighted by molar-refractivity contribution is -0.165. The van der Waals surface area contributed by atoms with E-state index >= 15 is 0 Å². The maximum atomic E-state index is 13.5. The van der Waals surface area contributed by atoms with E-state index < -0.39 is 42.7 Å². The van der Waals surface area contributed by atoms with Crippen molar-refractivity contribution >= 4 is 17.5 Å². The first-order chi connectivity index (χ1) is 16.3. The van der Waals surface area contributed by atoms with E-state index in [-0.39, 0.29) is 25.4 Å². The van der Waals surface area contributed by atoms with Gasteiger partial charge in [0.1, 0.15) is 18.5 Å². The molecule has 0 radical (unpaired) electrons. The van der Waals surface area contributed by atoms with Gasteiger partial charge in [0, 0.05) is 11.6 Å². The molecule has 4 N–H and O–H groups in total. The fourth-order valence-electron chi connectivity index (χ4n) is 3.77. The minimum atomic E-state index is -4.43. The molecule has 9 nitrogen and oxygen atoms in total. The number of ether oxygens (including phenoxy) is 1. The zero-order valence-corrected chi connectivity index (χ0v) is 17.9. The Kier molecular flexibility index (Phi) is 6.89. The van der Waals surface area contributed by atoms with E-state index in [2.05, 4.69) is 20.7 Å². The first-order valence-corrected chi connectivity index (χ1v) is 10.7. The molecule has 0 saturated heterocycles. The van der Waals surface area contributed by atoms with Crippen LogP contribution in [0.15, 0.2) is 70.3 Å². The molecule has 12 heteroatoms. The first kappa shape index (κ1) is 23.8. The Morgan fingerprint density at radius 3 is 2.79 bits per heavy atom. The normalized spacial score (nSPS) is 26.6. The van der Waals surface area contributed by atoms with E-state index in [9.17, 15) is 23.1 Å². The predicted octanol–water partition coefficient (Wildman–Crippen LogP) is 0.730. The number of carbonyl (C=O) groups is 1. The van der Waals surface area contributed by atoms with Crippen LogP contribution >= 0.6 is 0 Å². The molecule has 0 aromatic rings. The number of aliphatic imine (C=N–C) groups is 1. The van der Waals surface area contributed by atoms with Crippen LogP contribution in [0.2, 0.25) is 0 Å². The van der Waals surface area contributed by atoms with Crippen molar-refractivity contribution in [3.8, 4) is 0 Å². The Balaban J connectivity index is 1.42. The molecule has 1 aliphatic carbocycles. The zero-order valence-electron chi connectivity index (χ0n) is 17.9. The van der Waals surface area contributed by atoms with Gasteiger partial charge in [-0.1, -0.05) is 24.3 Å². The highest BCUT2D eigenvalue weighted by Gasteiger charge is 2.45. The van der Waals surface area contributed by atoms with Crippen LogP contribution in [0, 0.1) is 11.8 Å². The van der Waals surface area contributed by atoms with Crippen molar-refractivity contribution in [2.75, 3.05) is 26.3 Å². The van der Waals surface area contributed by atoms with Gasteiger partial charge >= 0.3 is 6.18 Å². The highest BCUT2D eigenvalue weighted by Crippen LogP contribution is 2.37. The monoisotopic (exact) mass is 479 g/mol. The molecule has 0 bridgehead atoms. The van der Waals surface area contributed by atoms with Gasteiger partial charge in [0.15, 0.2) is 11.9 Å². The molecule has 0 fully saturated rings. The molecule has 3 aliphatic heterocycles. The molecule has 0 spiro atoms. The van der Waals surface area contributed by atoms with Crippen molar-refractivity contribution in [2.24, 2.45) is 21.9 Å². The molecule has 0 aromatic carbocycles. The van der Waals surface area contributed by atoms with Crippen molar-refractivity contribution in [3.63, 3.8) is 0 Å². The predicted molar refractivity (Wildman–Crippen MR) is 117 cm³/mol. The highest BCUT2D eigenvalue weighted by atomic mass is 19.4. The zero-order chi connectivity index (χ0) is 24.3. The van der Waals surface area contributed by atoms with Gasteiger partial charge in [-0.25, -0.2) is 5.01 Å². The van der Waals surface area contributed by atoms with Crippen molar-refractivity contribution in [2.45, 2.75) is 18.3 Å². The van der Waals surface area contributed by atoms with Crippen LogP contribution in [0.1, 0.15) is 0 Å². The number of fused-ring (bicyclic) bond motifs is 1. The fourth-order valence-corrected chi connectivity index (χ4v) is 3.77. The second-order valence-corrected chi connectivity index (χ2v) is 7.99. The van der Waals surface area contributed by atoms with Crippen molar-refractivity contribution < 1.29 is 32.9 Å². The minimum Gasteiger partial charge on any atom is -0.476 e. The standard InChI is InChI=1S/C22H24F3N5O4/c23-22(24,25)16-4-2-1-3-15(16)17-6-7-19-26-10-18(30(19)29-17)21(33)28-13-5-8-20(27-9-13)34-12-14(32)11-31/h1-8,14-16,18,27,31-32H,9-12H2,(H,28,33). The number of hydrazone groups is 1. The lowest BCUT2D eigenvalue weighted by atomic mass is 9.84. The number of aliphatic hydroxyl groups is 2. The van der Waals surface area contributed by atoms with Crippen LogP contribution in [-0.4, -0.2) is 77.3 Å². The van der Waals surface area contributed by atoms with Gasteiger partial charge < -0.3 is 25.6 Å². The molecule has 34 heavy (non-hydrogen) atoms. The number of amides is 1. The Morgan fingerprint density at radius 1 is 1.29 bits per heavy atom. The molecule has 4 unspecified atom stereocenters. The largest absolute Gasteiger partial charge is 0.476 e. The molecule has 0 aromatic heterocycles. The Labute approximate surface area is 193 Å². The smallest absolute Gasteiger partial charge is 0.396 e. The number of alkyl halides is 3. The van der Waals surface area contributed by atoms with E-state index in [0.29, 0.717) is 17.4 Å². The van der Waals surface area contributed by atoms with Gasteiger partial charge in [-0.3, -0.25) is 9.79 Å². The van der Waals surface area contributed by atoms with E-state index in [4.69, 9.17) is 9.84 Å². The van der Waals surface area contributed by atoms with Crippen molar-refractivity contribution in [3.05, 3.63) is 60.2 Å². The van der Waals surface area contributed by atoms with Crippen LogP contribution in [0.4, 0.5) is 13.2 Å².